The van der Waals surface area contributed by atoms with Crippen molar-refractivity contribution in [2.45, 2.75) is 31.3 Å². The van der Waals surface area contributed by atoms with E-state index in [1.54, 1.807) is 13.2 Å². The summed E-state index contributed by atoms with van der Waals surface area (Å²) in [7, 11) is 1.63. The fraction of sp³-hybridized carbons (Fsp3) is 0.667. The van der Waals surface area contributed by atoms with Gasteiger partial charge in [-0.3, -0.25) is 10.1 Å². The third-order valence-corrected chi connectivity index (χ3v) is 6.59. The average molecular weight is 507 g/mol. The van der Waals surface area contributed by atoms with Crippen LogP contribution >= 0.6 is 0 Å². The Hall–Kier alpha value is -2.96. The fourth-order valence-corrected chi connectivity index (χ4v) is 4.44. The third-order valence-electron chi connectivity index (χ3n) is 6.59. The fourth-order valence-electron chi connectivity index (χ4n) is 4.44. The van der Waals surface area contributed by atoms with E-state index in [9.17, 15) is 14.4 Å². The Morgan fingerprint density at radius 3 is 2.39 bits per heavy atom. The average Bonchev–Trinajstić information content (AvgIpc) is 2.87. The van der Waals surface area contributed by atoms with E-state index in [1.165, 1.54) is 9.80 Å². The highest BCUT2D eigenvalue weighted by molar-refractivity contribution is 5.87. The molecule has 4 aliphatic heterocycles. The van der Waals surface area contributed by atoms with Crippen LogP contribution in [0.4, 0.5) is 15.4 Å². The van der Waals surface area contributed by atoms with Crippen molar-refractivity contribution < 1.29 is 38.1 Å². The maximum atomic E-state index is 12.6. The van der Waals surface area contributed by atoms with Crippen molar-refractivity contribution in [2.24, 2.45) is 0 Å². The van der Waals surface area contributed by atoms with E-state index >= 15 is 0 Å². The van der Waals surface area contributed by atoms with Crippen LogP contribution in [-0.2, 0) is 40.5 Å². The molecule has 3 amide bonds. The molecular weight excluding hydrogens is 472 g/mol. The molecule has 0 unspecified atom stereocenters. The number of hydrogen-bond donors (Lipinski definition) is 1. The second-order valence-electron chi connectivity index (χ2n) is 9.05. The monoisotopic (exact) mass is 506 g/mol. The largest absolute Gasteiger partial charge is 0.439 e. The van der Waals surface area contributed by atoms with Gasteiger partial charge in [-0.1, -0.05) is 0 Å². The number of anilines is 1. The van der Waals surface area contributed by atoms with E-state index in [2.05, 4.69) is 10.3 Å². The van der Waals surface area contributed by atoms with Crippen molar-refractivity contribution in [3.8, 4) is 0 Å². The molecular formula is C24H34N4O8. The summed E-state index contributed by atoms with van der Waals surface area (Å²) in [5.74, 6) is 0.168. The highest BCUT2D eigenvalue weighted by Gasteiger charge is 2.46. The first kappa shape index (κ1) is 26.1. The van der Waals surface area contributed by atoms with Gasteiger partial charge in [-0.15, -0.1) is 0 Å². The van der Waals surface area contributed by atoms with E-state index in [4.69, 9.17) is 23.7 Å². The number of likely N-dealkylation sites (N-methyl/N-ethyl adjacent to an activating group) is 1. The van der Waals surface area contributed by atoms with Crippen molar-refractivity contribution in [2.75, 3.05) is 78.2 Å². The third kappa shape index (κ3) is 6.62. The molecule has 4 aliphatic rings. The lowest BCUT2D eigenvalue weighted by atomic mass is 9.83. The zero-order chi connectivity index (χ0) is 25.4. The first-order valence-electron chi connectivity index (χ1n) is 12.4. The number of hydrogen-bond acceptors (Lipinski definition) is 9. The Labute approximate surface area is 210 Å². The number of nitrogens with zero attached hydrogens (tertiary/aromatic N) is 3. The minimum absolute atomic E-state index is 0.317. The van der Waals surface area contributed by atoms with Gasteiger partial charge in [0, 0.05) is 57.9 Å². The van der Waals surface area contributed by atoms with Gasteiger partial charge in [-0.25, -0.2) is 14.6 Å². The lowest BCUT2D eigenvalue weighted by Gasteiger charge is -2.43. The van der Waals surface area contributed by atoms with E-state index in [-0.39, 0.29) is 12.5 Å². The van der Waals surface area contributed by atoms with Crippen LogP contribution in [0.2, 0.25) is 0 Å². The van der Waals surface area contributed by atoms with Gasteiger partial charge >= 0.3 is 12.2 Å². The first-order chi connectivity index (χ1) is 17.5. The number of ether oxygens (including phenoxy) is 5. The second kappa shape index (κ2) is 12.3. The molecule has 5 heterocycles. The minimum Gasteiger partial charge on any atom is -0.439 e. The Morgan fingerprint density at radius 2 is 1.64 bits per heavy atom. The lowest BCUT2D eigenvalue weighted by molar-refractivity contribution is -0.134. The summed E-state index contributed by atoms with van der Waals surface area (Å²) in [6, 6.07) is 2.02. The van der Waals surface area contributed by atoms with Crippen LogP contribution in [0, 0.1) is 0 Å². The molecule has 1 fully saturated rings. The summed E-state index contributed by atoms with van der Waals surface area (Å²) in [6.07, 6.45) is 3.02. The van der Waals surface area contributed by atoms with Crippen LogP contribution in [0.1, 0.15) is 30.4 Å². The molecule has 5 rings (SSSR count). The molecule has 0 radical (unpaired) electrons. The molecule has 1 aromatic heterocycles. The topological polar surface area (TPSA) is 129 Å². The van der Waals surface area contributed by atoms with Crippen molar-refractivity contribution in [3.63, 3.8) is 0 Å². The quantitative estimate of drug-likeness (QED) is 0.521. The predicted octanol–water partition coefficient (Wildman–Crippen LogP) is 1.53. The molecule has 1 saturated heterocycles. The first-order valence-corrected chi connectivity index (χ1v) is 12.4. The lowest BCUT2D eigenvalue weighted by Crippen LogP contribution is -2.50. The van der Waals surface area contributed by atoms with Crippen LogP contribution in [0.15, 0.2) is 12.3 Å². The van der Waals surface area contributed by atoms with Gasteiger partial charge in [-0.05, 0) is 24.5 Å². The van der Waals surface area contributed by atoms with Crippen molar-refractivity contribution in [3.05, 3.63) is 23.4 Å². The molecule has 1 spiro atoms. The van der Waals surface area contributed by atoms with Crippen LogP contribution in [0.5, 0.6) is 0 Å². The summed E-state index contributed by atoms with van der Waals surface area (Å²) in [5, 5.41) is 2.68. The van der Waals surface area contributed by atoms with Gasteiger partial charge < -0.3 is 33.5 Å². The normalized spacial score (nSPS) is 22.8. The van der Waals surface area contributed by atoms with Gasteiger partial charge in [0.05, 0.1) is 33.0 Å². The van der Waals surface area contributed by atoms with Crippen LogP contribution in [0.25, 0.3) is 0 Å². The molecule has 12 nitrogen and oxygen atoms in total. The molecule has 4 bridgehead atoms. The van der Waals surface area contributed by atoms with Crippen molar-refractivity contribution in [1.29, 1.82) is 0 Å². The van der Waals surface area contributed by atoms with Crippen LogP contribution in [0.3, 0.4) is 0 Å². The molecule has 1 N–H and O–H groups in total. The maximum Gasteiger partial charge on any atom is 0.413 e. The smallest absolute Gasteiger partial charge is 0.413 e. The summed E-state index contributed by atoms with van der Waals surface area (Å²) in [4.78, 5) is 44.6. The molecule has 0 saturated carbocycles. The van der Waals surface area contributed by atoms with E-state index in [0.29, 0.717) is 77.9 Å². The number of carbonyl (C=O) groups excluding carboxylic acids is 3. The SMILES string of the molecule is CN1CCOCCOCCOCCCc2cnc3c(c2)C2(CCN(CC2)C(=O)OCC1=O)OC(=O)N3. The maximum absolute atomic E-state index is 12.6. The summed E-state index contributed by atoms with van der Waals surface area (Å²) >= 11 is 0. The molecule has 12 heteroatoms. The number of aromatic nitrogens is 1. The van der Waals surface area contributed by atoms with E-state index in [1.807, 2.05) is 6.07 Å². The van der Waals surface area contributed by atoms with Gasteiger partial charge in [-0.2, -0.15) is 0 Å². The molecule has 1 aromatic rings. The summed E-state index contributed by atoms with van der Waals surface area (Å²) in [6.45, 7) is 3.45. The zero-order valence-electron chi connectivity index (χ0n) is 20.7. The van der Waals surface area contributed by atoms with Gasteiger partial charge in [0.1, 0.15) is 11.4 Å². The molecule has 0 atom stereocenters. The van der Waals surface area contributed by atoms with Crippen molar-refractivity contribution >= 4 is 23.9 Å². The number of pyridine rings is 1. The van der Waals surface area contributed by atoms with Crippen molar-refractivity contribution in [1.82, 2.24) is 14.8 Å². The van der Waals surface area contributed by atoms with E-state index < -0.39 is 17.8 Å². The van der Waals surface area contributed by atoms with Crippen LogP contribution < -0.4 is 5.32 Å². The zero-order valence-corrected chi connectivity index (χ0v) is 20.7. The number of piperidine rings is 1. The number of rotatable bonds is 0. The Morgan fingerprint density at radius 1 is 0.944 bits per heavy atom. The molecule has 0 aromatic carbocycles. The minimum atomic E-state index is -0.866. The van der Waals surface area contributed by atoms with Crippen LogP contribution in [-0.4, -0.2) is 106 Å². The number of nitrogens with one attached hydrogen (secondary N) is 1. The predicted molar refractivity (Wildman–Crippen MR) is 127 cm³/mol. The van der Waals surface area contributed by atoms with Gasteiger partial charge in [0.15, 0.2) is 6.61 Å². The standard InChI is InChI=1S/C24H34N4O8/c1-27-8-10-33-12-14-34-13-11-32-9-2-3-18-15-19-21(25-16-18)26-22(30)36-24(19)4-6-28(7-5-24)23(31)35-17-20(27)29/h15-16H,2-14,17H2,1H3,(H,25,26,30). The Balaban J connectivity index is 1.44. The highest BCUT2D eigenvalue weighted by Crippen LogP contribution is 2.43. The Bertz CT molecular complexity index is 935. The molecule has 36 heavy (non-hydrogen) atoms. The number of amides is 3. The highest BCUT2D eigenvalue weighted by atomic mass is 16.6. The number of carbonyl (C=O) groups is 3. The summed E-state index contributed by atoms with van der Waals surface area (Å²) in [5.41, 5.74) is 0.967. The molecule has 0 aliphatic carbocycles. The van der Waals surface area contributed by atoms with E-state index in [0.717, 1.165) is 24.0 Å². The van der Waals surface area contributed by atoms with Gasteiger partial charge in [0.25, 0.3) is 5.91 Å². The molecule has 198 valence electrons. The van der Waals surface area contributed by atoms with Gasteiger partial charge in [0.2, 0.25) is 0 Å². The summed E-state index contributed by atoms with van der Waals surface area (Å²) < 4.78 is 27.7. The second-order valence-corrected chi connectivity index (χ2v) is 9.05. The number of aryl methyl sites for hydroxylation is 1. The number of fused-ring (bicyclic) bond motifs is 18. The Kier molecular flexibility index (Phi) is 8.94.